The first-order valence-corrected chi connectivity index (χ1v) is 12.3. The van der Waals surface area contributed by atoms with Crippen molar-refractivity contribution in [3.05, 3.63) is 58.9 Å². The standard InChI is InChI=1S/C24H28ClN5O4S/c1-15(2)16-5-8-18(9-6-16)34-13-22(31)26-12-21-28-29-24(30(21)3)35-14-23(32)27-19-11-17(25)7-10-20(19)33-4/h5-11,15H,12-14H2,1-4H3,(H,26,31)(H,27,32). The van der Waals surface area contributed by atoms with Crippen molar-refractivity contribution in [3.8, 4) is 11.5 Å². The van der Waals surface area contributed by atoms with E-state index >= 15 is 0 Å². The van der Waals surface area contributed by atoms with Crippen LogP contribution in [0.15, 0.2) is 47.6 Å². The Morgan fingerprint density at radius 3 is 2.54 bits per heavy atom. The summed E-state index contributed by atoms with van der Waals surface area (Å²) in [5.41, 5.74) is 1.70. The van der Waals surface area contributed by atoms with Gasteiger partial charge in [0.2, 0.25) is 5.91 Å². The zero-order valence-electron chi connectivity index (χ0n) is 20.0. The number of hydrogen-bond donors (Lipinski definition) is 2. The number of rotatable bonds is 11. The monoisotopic (exact) mass is 517 g/mol. The van der Waals surface area contributed by atoms with Gasteiger partial charge in [0.15, 0.2) is 17.6 Å². The summed E-state index contributed by atoms with van der Waals surface area (Å²) in [5.74, 6) is 1.73. The summed E-state index contributed by atoms with van der Waals surface area (Å²) in [6.45, 7) is 4.32. The average molecular weight is 518 g/mol. The van der Waals surface area contributed by atoms with E-state index in [9.17, 15) is 9.59 Å². The minimum atomic E-state index is -0.273. The number of nitrogens with zero attached hydrogens (tertiary/aromatic N) is 3. The predicted molar refractivity (Wildman–Crippen MR) is 136 cm³/mol. The van der Waals surface area contributed by atoms with Crippen LogP contribution in [0.5, 0.6) is 11.5 Å². The molecule has 0 atom stereocenters. The van der Waals surface area contributed by atoms with E-state index in [0.717, 1.165) is 0 Å². The number of carbonyl (C=O) groups excluding carboxylic acids is 2. The first-order chi connectivity index (χ1) is 16.8. The van der Waals surface area contributed by atoms with Gasteiger partial charge in [0.1, 0.15) is 11.5 Å². The molecule has 3 rings (SSSR count). The normalized spacial score (nSPS) is 10.8. The van der Waals surface area contributed by atoms with Crippen molar-refractivity contribution in [2.75, 3.05) is 24.8 Å². The molecule has 2 amide bonds. The molecular weight excluding hydrogens is 490 g/mol. The average Bonchev–Trinajstić information content (AvgIpc) is 3.19. The lowest BCUT2D eigenvalue weighted by Crippen LogP contribution is -2.29. The van der Waals surface area contributed by atoms with Crippen molar-refractivity contribution in [2.24, 2.45) is 7.05 Å². The van der Waals surface area contributed by atoms with Crippen LogP contribution in [-0.2, 0) is 23.2 Å². The van der Waals surface area contributed by atoms with Gasteiger partial charge in [-0.15, -0.1) is 10.2 Å². The number of halogens is 1. The van der Waals surface area contributed by atoms with Gasteiger partial charge in [-0.2, -0.15) is 0 Å². The minimum Gasteiger partial charge on any atom is -0.495 e. The zero-order chi connectivity index (χ0) is 25.4. The molecule has 0 spiro atoms. The molecule has 0 radical (unpaired) electrons. The van der Waals surface area contributed by atoms with Crippen LogP contribution in [0.2, 0.25) is 5.02 Å². The lowest BCUT2D eigenvalue weighted by molar-refractivity contribution is -0.123. The Labute approximate surface area is 213 Å². The third-order valence-electron chi connectivity index (χ3n) is 5.05. The minimum absolute atomic E-state index is 0.104. The number of thioether (sulfide) groups is 1. The van der Waals surface area contributed by atoms with E-state index in [-0.39, 0.29) is 30.7 Å². The number of amides is 2. The molecule has 11 heteroatoms. The van der Waals surface area contributed by atoms with Crippen LogP contribution in [-0.4, -0.2) is 46.0 Å². The molecule has 0 saturated heterocycles. The third-order valence-corrected chi connectivity index (χ3v) is 6.31. The maximum absolute atomic E-state index is 12.4. The second kappa shape index (κ2) is 12.5. The summed E-state index contributed by atoms with van der Waals surface area (Å²) in [6.07, 6.45) is 0. The quantitative estimate of drug-likeness (QED) is 0.370. The number of anilines is 1. The van der Waals surface area contributed by atoms with Gasteiger partial charge in [-0.25, -0.2) is 0 Å². The number of carbonyl (C=O) groups is 2. The fourth-order valence-electron chi connectivity index (χ4n) is 3.05. The van der Waals surface area contributed by atoms with E-state index in [1.165, 1.54) is 24.4 Å². The van der Waals surface area contributed by atoms with Crippen LogP contribution in [0.3, 0.4) is 0 Å². The first kappa shape index (κ1) is 26.4. The molecule has 1 aromatic heterocycles. The number of methoxy groups -OCH3 is 1. The van der Waals surface area contributed by atoms with Gasteiger partial charge in [-0.3, -0.25) is 9.59 Å². The highest BCUT2D eigenvalue weighted by Gasteiger charge is 2.14. The third kappa shape index (κ3) is 7.63. The Bertz CT molecular complexity index is 1170. The molecule has 3 aromatic rings. The number of hydrogen-bond acceptors (Lipinski definition) is 7. The molecule has 0 aliphatic rings. The van der Waals surface area contributed by atoms with Crippen molar-refractivity contribution >= 4 is 40.9 Å². The second-order valence-electron chi connectivity index (χ2n) is 7.93. The maximum atomic E-state index is 12.4. The van der Waals surface area contributed by atoms with Crippen LogP contribution in [0.1, 0.15) is 31.2 Å². The highest BCUT2D eigenvalue weighted by molar-refractivity contribution is 7.99. The van der Waals surface area contributed by atoms with E-state index in [4.69, 9.17) is 21.1 Å². The Balaban J connectivity index is 1.45. The van der Waals surface area contributed by atoms with E-state index in [1.54, 1.807) is 29.8 Å². The molecule has 2 aromatic carbocycles. The van der Waals surface area contributed by atoms with E-state index in [0.29, 0.717) is 39.1 Å². The molecule has 9 nitrogen and oxygen atoms in total. The largest absolute Gasteiger partial charge is 0.495 e. The second-order valence-corrected chi connectivity index (χ2v) is 9.31. The molecule has 0 fully saturated rings. The summed E-state index contributed by atoms with van der Waals surface area (Å²) in [5, 5.41) is 14.8. The van der Waals surface area contributed by atoms with Gasteiger partial charge in [0.05, 0.1) is 25.1 Å². The van der Waals surface area contributed by atoms with Crippen molar-refractivity contribution in [3.63, 3.8) is 0 Å². The Kier molecular flexibility index (Phi) is 9.39. The summed E-state index contributed by atoms with van der Waals surface area (Å²) < 4.78 is 12.5. The zero-order valence-corrected chi connectivity index (χ0v) is 21.6. The number of benzene rings is 2. The molecule has 0 bridgehead atoms. The van der Waals surface area contributed by atoms with Crippen LogP contribution in [0, 0.1) is 0 Å². The summed E-state index contributed by atoms with van der Waals surface area (Å²) in [4.78, 5) is 24.6. The number of aromatic nitrogens is 3. The van der Waals surface area contributed by atoms with Crippen LogP contribution in [0.25, 0.3) is 0 Å². The lowest BCUT2D eigenvalue weighted by atomic mass is 10.0. The van der Waals surface area contributed by atoms with Crippen molar-refractivity contribution in [1.29, 1.82) is 0 Å². The van der Waals surface area contributed by atoms with Gasteiger partial charge in [0, 0.05) is 12.1 Å². The van der Waals surface area contributed by atoms with Crippen molar-refractivity contribution in [2.45, 2.75) is 31.5 Å². The maximum Gasteiger partial charge on any atom is 0.258 e. The van der Waals surface area contributed by atoms with Crippen molar-refractivity contribution in [1.82, 2.24) is 20.1 Å². The number of nitrogens with one attached hydrogen (secondary N) is 2. The predicted octanol–water partition coefficient (Wildman–Crippen LogP) is 4.03. The summed E-state index contributed by atoms with van der Waals surface area (Å²) in [6, 6.07) is 12.7. The molecule has 0 aliphatic heterocycles. The molecule has 0 unspecified atom stereocenters. The summed E-state index contributed by atoms with van der Waals surface area (Å²) in [7, 11) is 3.29. The molecular formula is C24H28ClN5O4S. The smallest absolute Gasteiger partial charge is 0.258 e. The SMILES string of the molecule is COc1ccc(Cl)cc1NC(=O)CSc1nnc(CNC(=O)COc2ccc(C(C)C)cc2)n1C. The summed E-state index contributed by atoms with van der Waals surface area (Å²) >= 11 is 7.22. The van der Waals surface area contributed by atoms with Crippen LogP contribution in [0.4, 0.5) is 5.69 Å². The molecule has 35 heavy (non-hydrogen) atoms. The Morgan fingerprint density at radius 1 is 1.11 bits per heavy atom. The topological polar surface area (TPSA) is 107 Å². The number of ether oxygens (including phenoxy) is 2. The van der Waals surface area contributed by atoms with Crippen LogP contribution < -0.4 is 20.1 Å². The van der Waals surface area contributed by atoms with Crippen molar-refractivity contribution < 1.29 is 19.1 Å². The van der Waals surface area contributed by atoms with Gasteiger partial charge in [-0.05, 0) is 41.8 Å². The molecule has 0 saturated carbocycles. The van der Waals surface area contributed by atoms with Gasteiger partial charge >= 0.3 is 0 Å². The highest BCUT2D eigenvalue weighted by atomic mass is 35.5. The van der Waals surface area contributed by atoms with Gasteiger partial charge < -0.3 is 24.7 Å². The lowest BCUT2D eigenvalue weighted by Gasteiger charge is -2.10. The fraction of sp³-hybridized carbons (Fsp3) is 0.333. The highest BCUT2D eigenvalue weighted by Crippen LogP contribution is 2.28. The van der Waals surface area contributed by atoms with E-state index in [1.807, 2.05) is 24.3 Å². The van der Waals surface area contributed by atoms with E-state index < -0.39 is 0 Å². The first-order valence-electron chi connectivity index (χ1n) is 10.9. The molecule has 186 valence electrons. The van der Waals surface area contributed by atoms with Crippen LogP contribution >= 0.6 is 23.4 Å². The fourth-order valence-corrected chi connectivity index (χ4v) is 3.95. The molecule has 1 heterocycles. The Morgan fingerprint density at radius 2 is 1.86 bits per heavy atom. The molecule has 0 aliphatic carbocycles. The van der Waals surface area contributed by atoms with Gasteiger partial charge in [0.25, 0.3) is 5.91 Å². The van der Waals surface area contributed by atoms with E-state index in [2.05, 4.69) is 34.7 Å². The van der Waals surface area contributed by atoms with Gasteiger partial charge in [-0.1, -0.05) is 49.3 Å². The molecule has 2 N–H and O–H groups in total. The Hall–Kier alpha value is -3.24.